The first-order valence-electron chi connectivity index (χ1n) is 9.29. The third kappa shape index (κ3) is 3.78. The Morgan fingerprint density at radius 2 is 1.56 bits per heavy atom. The van der Waals surface area contributed by atoms with Crippen LogP contribution in [-0.2, 0) is 6.42 Å². The standard InChI is InChI=1S/C21H25F3O/c1-2-3-13-4-6-14(7-5-13)8-9-16-12-15-10-11-17(25)20(23)18(15)21(24)19(16)22/h10-14,25H,2-9H2,1H3. The van der Waals surface area contributed by atoms with Crippen LogP contribution in [0.4, 0.5) is 13.2 Å². The van der Waals surface area contributed by atoms with Gasteiger partial charge in [-0.05, 0) is 47.8 Å². The van der Waals surface area contributed by atoms with Crippen molar-refractivity contribution in [3.8, 4) is 5.75 Å². The number of phenolic OH excluding ortho intramolecular Hbond substituents is 1. The second-order valence-corrected chi connectivity index (χ2v) is 7.37. The molecule has 0 aliphatic heterocycles. The Morgan fingerprint density at radius 1 is 0.920 bits per heavy atom. The van der Waals surface area contributed by atoms with E-state index in [1.165, 1.54) is 43.9 Å². The van der Waals surface area contributed by atoms with Crippen molar-refractivity contribution in [3.05, 3.63) is 41.2 Å². The molecule has 2 aromatic carbocycles. The molecule has 1 aliphatic carbocycles. The van der Waals surface area contributed by atoms with Gasteiger partial charge >= 0.3 is 0 Å². The van der Waals surface area contributed by atoms with Crippen molar-refractivity contribution in [1.82, 2.24) is 0 Å². The van der Waals surface area contributed by atoms with Crippen LogP contribution in [0, 0.1) is 29.3 Å². The molecule has 0 aromatic heterocycles. The summed E-state index contributed by atoms with van der Waals surface area (Å²) in [4.78, 5) is 0. The minimum Gasteiger partial charge on any atom is -0.505 e. The molecular formula is C21H25F3O. The van der Waals surface area contributed by atoms with Gasteiger partial charge in [0, 0.05) is 0 Å². The number of aryl methyl sites for hydroxylation is 1. The molecule has 4 heteroatoms. The van der Waals surface area contributed by atoms with Crippen molar-refractivity contribution in [2.24, 2.45) is 11.8 Å². The first kappa shape index (κ1) is 18.1. The van der Waals surface area contributed by atoms with Gasteiger partial charge in [-0.2, -0.15) is 0 Å². The molecule has 0 spiro atoms. The highest BCUT2D eigenvalue weighted by Gasteiger charge is 2.22. The smallest absolute Gasteiger partial charge is 0.175 e. The lowest BCUT2D eigenvalue weighted by Gasteiger charge is -2.28. The Balaban J connectivity index is 1.72. The highest BCUT2D eigenvalue weighted by Crippen LogP contribution is 2.35. The fourth-order valence-corrected chi connectivity index (χ4v) is 4.18. The molecule has 1 saturated carbocycles. The lowest BCUT2D eigenvalue weighted by atomic mass is 9.78. The summed E-state index contributed by atoms with van der Waals surface area (Å²) < 4.78 is 42.5. The van der Waals surface area contributed by atoms with Crippen LogP contribution in [0.5, 0.6) is 5.75 Å². The minimum absolute atomic E-state index is 0.288. The molecule has 1 nitrogen and oxygen atoms in total. The van der Waals surface area contributed by atoms with Gasteiger partial charge in [0.05, 0.1) is 5.39 Å². The van der Waals surface area contributed by atoms with Gasteiger partial charge in [0.25, 0.3) is 0 Å². The number of hydrogen-bond acceptors (Lipinski definition) is 1. The third-order valence-electron chi connectivity index (χ3n) is 5.66. The number of fused-ring (bicyclic) bond motifs is 1. The second-order valence-electron chi connectivity index (χ2n) is 7.37. The predicted molar refractivity (Wildman–Crippen MR) is 94.2 cm³/mol. The summed E-state index contributed by atoms with van der Waals surface area (Å²) in [7, 11) is 0. The number of phenols is 1. The molecule has 0 unspecified atom stereocenters. The highest BCUT2D eigenvalue weighted by molar-refractivity contribution is 5.86. The molecule has 25 heavy (non-hydrogen) atoms. The van der Waals surface area contributed by atoms with Crippen LogP contribution in [0.25, 0.3) is 10.8 Å². The van der Waals surface area contributed by atoms with Gasteiger partial charge in [-0.25, -0.2) is 13.2 Å². The maximum atomic E-state index is 14.3. The fraction of sp³-hybridized carbons (Fsp3) is 0.524. The molecule has 1 fully saturated rings. The summed E-state index contributed by atoms with van der Waals surface area (Å²) in [6.07, 6.45) is 8.59. The zero-order chi connectivity index (χ0) is 18.0. The van der Waals surface area contributed by atoms with E-state index in [2.05, 4.69) is 6.92 Å². The van der Waals surface area contributed by atoms with Crippen LogP contribution in [0.1, 0.15) is 57.4 Å². The van der Waals surface area contributed by atoms with E-state index < -0.39 is 28.6 Å². The average Bonchev–Trinajstić information content (AvgIpc) is 2.61. The first-order chi connectivity index (χ1) is 12.0. The summed E-state index contributed by atoms with van der Waals surface area (Å²) in [5.41, 5.74) is 0.297. The Kier molecular flexibility index (Phi) is 5.55. The monoisotopic (exact) mass is 350 g/mol. The van der Waals surface area contributed by atoms with Gasteiger partial charge in [0.2, 0.25) is 0 Å². The Hall–Kier alpha value is -1.71. The molecule has 2 aromatic rings. The lowest BCUT2D eigenvalue weighted by Crippen LogP contribution is -2.15. The van der Waals surface area contributed by atoms with Crippen LogP contribution in [0.3, 0.4) is 0 Å². The summed E-state index contributed by atoms with van der Waals surface area (Å²) in [5, 5.41) is 9.19. The highest BCUT2D eigenvalue weighted by atomic mass is 19.2. The van der Waals surface area contributed by atoms with E-state index in [4.69, 9.17) is 0 Å². The number of hydrogen-bond donors (Lipinski definition) is 1. The van der Waals surface area contributed by atoms with Crippen molar-refractivity contribution in [2.75, 3.05) is 0 Å². The number of benzene rings is 2. The topological polar surface area (TPSA) is 20.2 Å². The van der Waals surface area contributed by atoms with Crippen LogP contribution >= 0.6 is 0 Å². The summed E-state index contributed by atoms with van der Waals surface area (Å²) in [5.74, 6) is -2.57. The van der Waals surface area contributed by atoms with Crippen LogP contribution < -0.4 is 0 Å². The summed E-state index contributed by atoms with van der Waals surface area (Å²) >= 11 is 0. The van der Waals surface area contributed by atoms with E-state index in [1.807, 2.05) is 0 Å². The largest absolute Gasteiger partial charge is 0.505 e. The van der Waals surface area contributed by atoms with Crippen molar-refractivity contribution in [1.29, 1.82) is 0 Å². The maximum absolute atomic E-state index is 14.3. The number of halogens is 3. The Labute approximate surface area is 146 Å². The summed E-state index contributed by atoms with van der Waals surface area (Å²) in [6, 6.07) is 4.11. The molecule has 0 amide bonds. The van der Waals surface area contributed by atoms with E-state index in [-0.39, 0.29) is 5.39 Å². The van der Waals surface area contributed by atoms with E-state index in [9.17, 15) is 18.3 Å². The molecule has 1 N–H and O–H groups in total. The minimum atomic E-state index is -1.20. The van der Waals surface area contributed by atoms with Gasteiger partial charge in [-0.3, -0.25) is 0 Å². The fourth-order valence-electron chi connectivity index (χ4n) is 4.18. The zero-order valence-electron chi connectivity index (χ0n) is 14.6. The number of rotatable bonds is 5. The average molecular weight is 350 g/mol. The van der Waals surface area contributed by atoms with Crippen molar-refractivity contribution in [2.45, 2.75) is 58.3 Å². The first-order valence-corrected chi connectivity index (χ1v) is 9.29. The molecule has 1 aliphatic rings. The van der Waals surface area contributed by atoms with Gasteiger partial charge in [-0.15, -0.1) is 0 Å². The molecule has 0 saturated heterocycles. The normalized spacial score (nSPS) is 21.0. The van der Waals surface area contributed by atoms with E-state index in [1.54, 1.807) is 0 Å². The Bertz CT molecular complexity index is 749. The van der Waals surface area contributed by atoms with Crippen LogP contribution in [0.15, 0.2) is 18.2 Å². The predicted octanol–water partition coefficient (Wildman–Crippen LogP) is 6.50. The molecule has 0 heterocycles. The van der Waals surface area contributed by atoms with Crippen LogP contribution in [0.2, 0.25) is 0 Å². The number of aromatic hydroxyl groups is 1. The van der Waals surface area contributed by atoms with E-state index in [0.29, 0.717) is 17.9 Å². The molecule has 0 bridgehead atoms. The zero-order valence-corrected chi connectivity index (χ0v) is 14.6. The third-order valence-corrected chi connectivity index (χ3v) is 5.66. The van der Waals surface area contributed by atoms with E-state index >= 15 is 0 Å². The Morgan fingerprint density at radius 3 is 2.20 bits per heavy atom. The second kappa shape index (κ2) is 7.67. The van der Waals surface area contributed by atoms with Crippen LogP contribution in [-0.4, -0.2) is 5.11 Å². The van der Waals surface area contributed by atoms with Crippen molar-refractivity contribution >= 4 is 10.8 Å². The lowest BCUT2D eigenvalue weighted by molar-refractivity contribution is 0.251. The quantitative estimate of drug-likeness (QED) is 0.652. The maximum Gasteiger partial charge on any atom is 0.175 e. The van der Waals surface area contributed by atoms with Gasteiger partial charge in [-0.1, -0.05) is 51.5 Å². The molecule has 3 rings (SSSR count). The summed E-state index contributed by atoms with van der Waals surface area (Å²) in [6.45, 7) is 2.21. The molecule has 0 radical (unpaired) electrons. The van der Waals surface area contributed by atoms with Gasteiger partial charge in [0.1, 0.15) is 0 Å². The molecular weight excluding hydrogens is 325 g/mol. The van der Waals surface area contributed by atoms with Gasteiger partial charge in [0.15, 0.2) is 23.2 Å². The molecule has 0 atom stereocenters. The van der Waals surface area contributed by atoms with E-state index in [0.717, 1.165) is 25.2 Å². The SMILES string of the molecule is CCCC1CCC(CCc2cc3ccc(O)c(F)c3c(F)c2F)CC1. The van der Waals surface area contributed by atoms with Crippen molar-refractivity contribution in [3.63, 3.8) is 0 Å². The van der Waals surface area contributed by atoms with Crippen molar-refractivity contribution < 1.29 is 18.3 Å². The molecule has 136 valence electrons. The van der Waals surface area contributed by atoms with Gasteiger partial charge < -0.3 is 5.11 Å².